The van der Waals surface area contributed by atoms with Gasteiger partial charge in [0.1, 0.15) is 17.2 Å². The zero-order valence-electron chi connectivity index (χ0n) is 16.0. The summed E-state index contributed by atoms with van der Waals surface area (Å²) >= 11 is 1.04. The Morgan fingerprint density at radius 2 is 2.17 bits per heavy atom. The number of aryl methyl sites for hydroxylation is 1. The lowest BCUT2D eigenvalue weighted by atomic mass is 10.1. The van der Waals surface area contributed by atoms with Gasteiger partial charge in [0.05, 0.1) is 7.11 Å². The molecule has 1 atom stereocenters. The van der Waals surface area contributed by atoms with Gasteiger partial charge >= 0.3 is 5.97 Å². The van der Waals surface area contributed by atoms with E-state index in [9.17, 15) is 19.2 Å². The van der Waals surface area contributed by atoms with Crippen molar-refractivity contribution in [1.82, 2.24) is 20.1 Å². The molecule has 0 saturated carbocycles. The quantitative estimate of drug-likeness (QED) is 0.457. The standard InChI is InChI=1S/C18H21N5O5S/c1-3-23-10-6-8-13(18(23)27)21-15(25)12(7-4-5-9-14(24)28-2)20-16(26)17-22-19-11-29-17/h5-6,8-12H,3-4,7H2,1-2H3,(H,20,26)(H,21,25)/b9-5+. The van der Waals surface area contributed by atoms with E-state index in [-0.39, 0.29) is 22.7 Å². The van der Waals surface area contributed by atoms with Crippen molar-refractivity contribution in [2.45, 2.75) is 32.4 Å². The molecule has 0 bridgehead atoms. The first kappa shape index (κ1) is 22.0. The zero-order chi connectivity index (χ0) is 21.2. The number of rotatable bonds is 9. The van der Waals surface area contributed by atoms with Gasteiger partial charge in [0.25, 0.3) is 11.5 Å². The summed E-state index contributed by atoms with van der Waals surface area (Å²) in [4.78, 5) is 48.5. The molecule has 0 saturated heterocycles. The fraction of sp³-hybridized carbons (Fsp3) is 0.333. The Bertz CT molecular complexity index is 938. The van der Waals surface area contributed by atoms with Gasteiger partial charge in [-0.25, -0.2) is 4.79 Å². The second-order valence-electron chi connectivity index (χ2n) is 5.78. The van der Waals surface area contributed by atoms with Crippen LogP contribution in [0.5, 0.6) is 0 Å². The van der Waals surface area contributed by atoms with Gasteiger partial charge in [-0.05, 0) is 31.9 Å². The molecule has 1 unspecified atom stereocenters. The molecule has 0 aliphatic carbocycles. The summed E-state index contributed by atoms with van der Waals surface area (Å²) in [6, 6.07) is 2.19. The first-order chi connectivity index (χ1) is 14.0. The minimum atomic E-state index is -0.955. The van der Waals surface area contributed by atoms with Crippen LogP contribution in [0, 0.1) is 0 Å². The molecule has 2 heterocycles. The number of hydrogen-bond donors (Lipinski definition) is 2. The lowest BCUT2D eigenvalue weighted by Crippen LogP contribution is -2.44. The number of carbonyl (C=O) groups is 3. The lowest BCUT2D eigenvalue weighted by Gasteiger charge is -2.17. The number of methoxy groups -OCH3 is 1. The molecule has 2 N–H and O–H groups in total. The fourth-order valence-corrected chi connectivity index (χ4v) is 2.83. The molecule has 11 heteroatoms. The number of hydrogen-bond acceptors (Lipinski definition) is 8. The summed E-state index contributed by atoms with van der Waals surface area (Å²) in [5.41, 5.74) is 1.17. The molecule has 2 aromatic rings. The average molecular weight is 419 g/mol. The van der Waals surface area contributed by atoms with E-state index in [4.69, 9.17) is 0 Å². The zero-order valence-corrected chi connectivity index (χ0v) is 16.8. The molecule has 0 fully saturated rings. The van der Waals surface area contributed by atoms with E-state index in [1.807, 2.05) is 6.92 Å². The van der Waals surface area contributed by atoms with Gasteiger partial charge in [-0.3, -0.25) is 14.4 Å². The van der Waals surface area contributed by atoms with Crippen molar-refractivity contribution in [2.75, 3.05) is 12.4 Å². The largest absolute Gasteiger partial charge is 0.466 e. The van der Waals surface area contributed by atoms with E-state index >= 15 is 0 Å². The number of allylic oxidation sites excluding steroid dienone is 1. The number of esters is 1. The highest BCUT2D eigenvalue weighted by Gasteiger charge is 2.23. The van der Waals surface area contributed by atoms with Gasteiger partial charge in [-0.2, -0.15) is 0 Å². The predicted molar refractivity (Wildman–Crippen MR) is 107 cm³/mol. The van der Waals surface area contributed by atoms with Crippen LogP contribution in [-0.4, -0.2) is 45.7 Å². The molecular weight excluding hydrogens is 398 g/mol. The number of nitrogens with zero attached hydrogens (tertiary/aromatic N) is 3. The van der Waals surface area contributed by atoms with E-state index in [0.29, 0.717) is 13.0 Å². The third kappa shape index (κ3) is 6.35. The van der Waals surface area contributed by atoms with Gasteiger partial charge in [0, 0.05) is 18.8 Å². The van der Waals surface area contributed by atoms with Crippen LogP contribution in [-0.2, 0) is 20.9 Å². The smallest absolute Gasteiger partial charge is 0.330 e. The monoisotopic (exact) mass is 419 g/mol. The van der Waals surface area contributed by atoms with Gasteiger partial charge in [-0.1, -0.05) is 17.4 Å². The molecule has 0 aliphatic rings. The van der Waals surface area contributed by atoms with E-state index in [1.165, 1.54) is 35.4 Å². The Morgan fingerprint density at radius 1 is 1.38 bits per heavy atom. The number of carbonyl (C=O) groups excluding carboxylic acids is 3. The summed E-state index contributed by atoms with van der Waals surface area (Å²) in [5.74, 6) is -1.63. The molecule has 154 valence electrons. The molecule has 0 spiro atoms. The maximum absolute atomic E-state index is 12.7. The molecule has 0 radical (unpaired) electrons. The summed E-state index contributed by atoms with van der Waals surface area (Å²) in [7, 11) is 1.26. The third-order valence-electron chi connectivity index (χ3n) is 3.87. The minimum absolute atomic E-state index is 0.111. The highest BCUT2D eigenvalue weighted by Crippen LogP contribution is 2.08. The summed E-state index contributed by atoms with van der Waals surface area (Å²) in [6.45, 7) is 2.27. The highest BCUT2D eigenvalue weighted by atomic mass is 32.1. The molecule has 10 nitrogen and oxygen atoms in total. The number of ether oxygens (including phenoxy) is 1. The summed E-state index contributed by atoms with van der Waals surface area (Å²) in [5, 5.41) is 12.5. The Balaban J connectivity index is 2.13. The van der Waals surface area contributed by atoms with Crippen LogP contribution in [0.1, 0.15) is 29.6 Å². The number of aromatic nitrogens is 3. The molecular formula is C18H21N5O5S. The van der Waals surface area contributed by atoms with Crippen LogP contribution in [0.2, 0.25) is 0 Å². The van der Waals surface area contributed by atoms with E-state index in [0.717, 1.165) is 11.3 Å². The second-order valence-corrected chi connectivity index (χ2v) is 6.61. The number of anilines is 1. The van der Waals surface area contributed by atoms with Crippen molar-refractivity contribution in [3.8, 4) is 0 Å². The second kappa shape index (κ2) is 10.9. The first-order valence-corrected chi connectivity index (χ1v) is 9.66. The Hall–Kier alpha value is -3.34. The molecule has 0 aromatic carbocycles. The van der Waals surface area contributed by atoms with Crippen LogP contribution in [0.25, 0.3) is 0 Å². The van der Waals surface area contributed by atoms with Crippen LogP contribution in [0.3, 0.4) is 0 Å². The number of nitrogens with one attached hydrogen (secondary N) is 2. The maximum Gasteiger partial charge on any atom is 0.330 e. The SMILES string of the molecule is CCn1cccc(NC(=O)C(CC/C=C/C(=O)OC)NC(=O)c2nncs2)c1=O. The summed E-state index contributed by atoms with van der Waals surface area (Å²) < 4.78 is 5.95. The summed E-state index contributed by atoms with van der Waals surface area (Å²) in [6.07, 6.45) is 4.90. The van der Waals surface area contributed by atoms with Crippen LogP contribution >= 0.6 is 11.3 Å². The van der Waals surface area contributed by atoms with Crippen molar-refractivity contribution in [2.24, 2.45) is 0 Å². The van der Waals surface area contributed by atoms with Crippen LogP contribution in [0.15, 0.2) is 40.8 Å². The number of pyridine rings is 1. The van der Waals surface area contributed by atoms with Crippen molar-refractivity contribution in [3.05, 3.63) is 51.4 Å². The Kier molecular flexibility index (Phi) is 8.22. The normalized spacial score (nSPS) is 11.8. The van der Waals surface area contributed by atoms with Crippen LogP contribution in [0.4, 0.5) is 5.69 Å². The van der Waals surface area contributed by atoms with Crippen LogP contribution < -0.4 is 16.2 Å². The van der Waals surface area contributed by atoms with Crippen molar-refractivity contribution in [1.29, 1.82) is 0 Å². The molecule has 2 rings (SSSR count). The lowest BCUT2D eigenvalue weighted by molar-refractivity contribution is -0.134. The van der Waals surface area contributed by atoms with Gasteiger partial charge in [0.2, 0.25) is 10.9 Å². The third-order valence-corrected chi connectivity index (χ3v) is 4.56. The van der Waals surface area contributed by atoms with Gasteiger partial charge in [0.15, 0.2) is 0 Å². The van der Waals surface area contributed by atoms with Crippen molar-refractivity contribution >= 4 is 34.8 Å². The van der Waals surface area contributed by atoms with E-state index < -0.39 is 23.8 Å². The molecule has 29 heavy (non-hydrogen) atoms. The molecule has 2 amide bonds. The van der Waals surface area contributed by atoms with Crippen molar-refractivity contribution < 1.29 is 19.1 Å². The van der Waals surface area contributed by atoms with Crippen molar-refractivity contribution in [3.63, 3.8) is 0 Å². The van der Waals surface area contributed by atoms with E-state index in [2.05, 4.69) is 25.6 Å². The van der Waals surface area contributed by atoms with Gasteiger partial charge in [-0.15, -0.1) is 10.2 Å². The topological polar surface area (TPSA) is 132 Å². The number of amides is 2. The first-order valence-electron chi connectivity index (χ1n) is 8.78. The highest BCUT2D eigenvalue weighted by molar-refractivity contribution is 7.11. The Labute approximate surface area is 170 Å². The van der Waals surface area contributed by atoms with Gasteiger partial charge < -0.3 is 19.9 Å². The maximum atomic E-state index is 12.7. The molecule has 0 aliphatic heterocycles. The fourth-order valence-electron chi connectivity index (χ4n) is 2.37. The van der Waals surface area contributed by atoms with E-state index in [1.54, 1.807) is 12.3 Å². The Morgan fingerprint density at radius 3 is 2.83 bits per heavy atom. The minimum Gasteiger partial charge on any atom is -0.466 e. The average Bonchev–Trinajstić information content (AvgIpc) is 3.26. The predicted octanol–water partition coefficient (Wildman–Crippen LogP) is 0.966. The molecule has 2 aromatic heterocycles.